The van der Waals surface area contributed by atoms with Crippen LogP contribution in [-0.2, 0) is 13.0 Å². The van der Waals surface area contributed by atoms with E-state index in [4.69, 9.17) is 0 Å². The molecule has 0 saturated heterocycles. The number of fused-ring (bicyclic) bond motifs is 1. The Morgan fingerprint density at radius 1 is 1.42 bits per heavy atom. The summed E-state index contributed by atoms with van der Waals surface area (Å²) >= 11 is 1.38. The maximum Gasteiger partial charge on any atom is 0.275 e. The Balaban J connectivity index is 1.87. The number of aromatic nitrogens is 3. The van der Waals surface area contributed by atoms with Gasteiger partial charge in [-0.05, 0) is 19.4 Å². The first kappa shape index (κ1) is 16.1. The number of aryl methyl sites for hydroxylation is 1. The van der Waals surface area contributed by atoms with Crippen molar-refractivity contribution in [2.75, 3.05) is 5.32 Å². The molecule has 8 nitrogen and oxygen atoms in total. The minimum absolute atomic E-state index is 0.0542. The van der Waals surface area contributed by atoms with Crippen molar-refractivity contribution >= 4 is 27.7 Å². The van der Waals surface area contributed by atoms with Gasteiger partial charge < -0.3 is 5.32 Å². The molecule has 0 aliphatic heterocycles. The molecule has 0 radical (unpaired) electrons. The van der Waals surface area contributed by atoms with Crippen LogP contribution in [0.4, 0.5) is 11.4 Å². The van der Waals surface area contributed by atoms with E-state index >= 15 is 0 Å². The first-order chi connectivity index (χ1) is 11.5. The number of rotatable bonds is 5. The third-order valence-electron chi connectivity index (χ3n) is 3.60. The van der Waals surface area contributed by atoms with Crippen LogP contribution in [0, 0.1) is 17.0 Å². The Morgan fingerprint density at radius 3 is 2.92 bits per heavy atom. The fourth-order valence-electron chi connectivity index (χ4n) is 2.33. The summed E-state index contributed by atoms with van der Waals surface area (Å²) in [6.07, 6.45) is 0.744. The Hall–Kier alpha value is -2.81. The molecule has 9 heteroatoms. The average Bonchev–Trinajstić information content (AvgIpc) is 2.97. The summed E-state index contributed by atoms with van der Waals surface area (Å²) in [6.45, 7) is 3.95. The third-order valence-corrected chi connectivity index (χ3v) is 4.66. The number of nitrogens with zero attached hydrogens (tertiary/aromatic N) is 4. The first-order valence-electron chi connectivity index (χ1n) is 7.36. The molecule has 1 aromatic carbocycles. The van der Waals surface area contributed by atoms with Crippen molar-refractivity contribution in [3.63, 3.8) is 0 Å². The SMILES string of the molecule is CCc1nn2c(=O)cc(CNc3cccc([N+](=O)[O-])c3C)nc2s1. The molecule has 0 spiro atoms. The molecule has 0 amide bonds. The molecule has 2 heterocycles. The molecule has 0 aliphatic rings. The van der Waals surface area contributed by atoms with E-state index in [0.717, 1.165) is 11.4 Å². The minimum Gasteiger partial charge on any atom is -0.379 e. The number of nitro benzene ring substituents is 1. The van der Waals surface area contributed by atoms with Gasteiger partial charge in [0.15, 0.2) is 0 Å². The van der Waals surface area contributed by atoms with Gasteiger partial charge in [-0.2, -0.15) is 9.61 Å². The molecular weight excluding hydrogens is 330 g/mol. The molecule has 0 atom stereocenters. The lowest BCUT2D eigenvalue weighted by atomic mass is 10.1. The van der Waals surface area contributed by atoms with E-state index in [9.17, 15) is 14.9 Å². The van der Waals surface area contributed by atoms with Gasteiger partial charge in [0.1, 0.15) is 5.01 Å². The molecule has 24 heavy (non-hydrogen) atoms. The molecule has 0 bridgehead atoms. The molecule has 2 aromatic heterocycles. The van der Waals surface area contributed by atoms with Crippen molar-refractivity contribution < 1.29 is 4.92 Å². The minimum atomic E-state index is -0.416. The highest BCUT2D eigenvalue weighted by Gasteiger charge is 2.13. The topological polar surface area (TPSA) is 102 Å². The number of hydrogen-bond acceptors (Lipinski definition) is 7. The zero-order chi connectivity index (χ0) is 17.3. The van der Waals surface area contributed by atoms with Crippen molar-refractivity contribution in [3.8, 4) is 0 Å². The molecule has 1 N–H and O–H groups in total. The van der Waals surface area contributed by atoms with Crippen molar-refractivity contribution in [1.29, 1.82) is 0 Å². The van der Waals surface area contributed by atoms with Crippen molar-refractivity contribution in [2.45, 2.75) is 26.8 Å². The molecule has 0 unspecified atom stereocenters. The predicted octanol–water partition coefficient (Wildman–Crippen LogP) is 2.54. The van der Waals surface area contributed by atoms with Crippen LogP contribution in [0.25, 0.3) is 4.96 Å². The summed E-state index contributed by atoms with van der Waals surface area (Å²) < 4.78 is 1.30. The van der Waals surface area contributed by atoms with E-state index < -0.39 is 4.92 Å². The maximum absolute atomic E-state index is 12.1. The van der Waals surface area contributed by atoms with Gasteiger partial charge in [-0.1, -0.05) is 24.3 Å². The highest BCUT2D eigenvalue weighted by molar-refractivity contribution is 7.16. The summed E-state index contributed by atoms with van der Waals surface area (Å²) in [5, 5.41) is 19.1. The van der Waals surface area contributed by atoms with Crippen molar-refractivity contribution in [1.82, 2.24) is 14.6 Å². The van der Waals surface area contributed by atoms with Gasteiger partial charge in [-0.25, -0.2) is 4.98 Å². The van der Waals surface area contributed by atoms with E-state index in [-0.39, 0.29) is 11.2 Å². The number of benzene rings is 1. The lowest BCUT2D eigenvalue weighted by Crippen LogP contribution is -2.17. The van der Waals surface area contributed by atoms with Crippen molar-refractivity contribution in [3.05, 3.63) is 61.0 Å². The fourth-order valence-corrected chi connectivity index (χ4v) is 3.19. The predicted molar refractivity (Wildman–Crippen MR) is 91.7 cm³/mol. The van der Waals surface area contributed by atoms with Gasteiger partial charge in [0, 0.05) is 23.4 Å². The molecular formula is C15H15N5O3S. The second-order valence-electron chi connectivity index (χ2n) is 5.19. The first-order valence-corrected chi connectivity index (χ1v) is 8.17. The quantitative estimate of drug-likeness (QED) is 0.563. The van der Waals surface area contributed by atoms with Crippen LogP contribution in [0.3, 0.4) is 0 Å². The van der Waals surface area contributed by atoms with Crippen LogP contribution in [-0.4, -0.2) is 19.5 Å². The molecule has 0 fully saturated rings. The largest absolute Gasteiger partial charge is 0.379 e. The van der Waals surface area contributed by atoms with Gasteiger partial charge in [-0.3, -0.25) is 14.9 Å². The van der Waals surface area contributed by atoms with Gasteiger partial charge in [0.25, 0.3) is 11.2 Å². The molecule has 3 aromatic rings. The van der Waals surface area contributed by atoms with Crippen LogP contribution >= 0.6 is 11.3 Å². The van der Waals surface area contributed by atoms with Gasteiger partial charge in [-0.15, -0.1) is 0 Å². The number of hydrogen-bond donors (Lipinski definition) is 1. The normalized spacial score (nSPS) is 10.9. The monoisotopic (exact) mass is 345 g/mol. The summed E-state index contributed by atoms with van der Waals surface area (Å²) in [4.78, 5) is 27.6. The summed E-state index contributed by atoms with van der Waals surface area (Å²) in [6, 6.07) is 6.26. The summed E-state index contributed by atoms with van der Waals surface area (Å²) in [7, 11) is 0. The Bertz CT molecular complexity index is 979. The Kier molecular flexibility index (Phi) is 4.26. The van der Waals surface area contributed by atoms with E-state index in [1.54, 1.807) is 19.1 Å². The molecule has 0 aliphatic carbocycles. The highest BCUT2D eigenvalue weighted by Crippen LogP contribution is 2.25. The Morgan fingerprint density at radius 2 is 2.21 bits per heavy atom. The van der Waals surface area contributed by atoms with Gasteiger partial charge in [0.05, 0.1) is 17.2 Å². The zero-order valence-corrected chi connectivity index (χ0v) is 14.0. The zero-order valence-electron chi connectivity index (χ0n) is 13.1. The van der Waals surface area contributed by atoms with Crippen molar-refractivity contribution in [2.24, 2.45) is 0 Å². The molecule has 0 saturated carbocycles. The maximum atomic E-state index is 12.1. The molecule has 3 rings (SSSR count). The van der Waals surface area contributed by atoms with Gasteiger partial charge in [0.2, 0.25) is 4.96 Å². The number of anilines is 1. The molecule has 124 valence electrons. The highest BCUT2D eigenvalue weighted by atomic mass is 32.1. The van der Waals surface area contributed by atoms with Crippen LogP contribution in [0.2, 0.25) is 0 Å². The second-order valence-corrected chi connectivity index (χ2v) is 6.23. The lowest BCUT2D eigenvalue weighted by Gasteiger charge is -2.09. The smallest absolute Gasteiger partial charge is 0.275 e. The van der Waals surface area contributed by atoms with Gasteiger partial charge >= 0.3 is 0 Å². The summed E-state index contributed by atoms with van der Waals surface area (Å²) in [5.41, 5.74) is 1.58. The average molecular weight is 345 g/mol. The van der Waals surface area contributed by atoms with E-state index in [2.05, 4.69) is 15.4 Å². The van der Waals surface area contributed by atoms with E-state index in [1.165, 1.54) is 28.0 Å². The fraction of sp³-hybridized carbons (Fsp3) is 0.267. The lowest BCUT2D eigenvalue weighted by molar-refractivity contribution is -0.385. The van der Waals surface area contributed by atoms with Crippen LogP contribution in [0.15, 0.2) is 29.1 Å². The third kappa shape index (κ3) is 2.98. The second kappa shape index (κ2) is 6.36. The number of nitrogens with one attached hydrogen (secondary N) is 1. The summed E-state index contributed by atoms with van der Waals surface area (Å²) in [5.74, 6) is 0. The Labute approximate surface area is 140 Å². The number of nitro groups is 1. The van der Waals surface area contributed by atoms with Crippen LogP contribution in [0.1, 0.15) is 23.2 Å². The standard InChI is InChI=1S/C15H15N5O3S/c1-3-13-18-19-14(21)7-10(17-15(19)24-13)8-16-11-5-4-6-12(9(11)2)20(22)23/h4-7,16H,3,8H2,1-2H3. The van der Waals surface area contributed by atoms with Crippen LogP contribution in [0.5, 0.6) is 0 Å². The van der Waals surface area contributed by atoms with E-state index in [1.807, 2.05) is 6.92 Å². The van der Waals surface area contributed by atoms with Crippen LogP contribution < -0.4 is 10.9 Å². The van der Waals surface area contributed by atoms with E-state index in [0.29, 0.717) is 28.5 Å².